The van der Waals surface area contributed by atoms with Crippen LogP contribution in [-0.4, -0.2) is 36.7 Å². The van der Waals surface area contributed by atoms with Gasteiger partial charge in [-0.15, -0.1) is 0 Å². The van der Waals surface area contributed by atoms with Crippen LogP contribution in [0.2, 0.25) is 0 Å². The van der Waals surface area contributed by atoms with E-state index in [1.807, 2.05) is 13.8 Å². The summed E-state index contributed by atoms with van der Waals surface area (Å²) in [4.78, 5) is 30.4. The zero-order valence-corrected chi connectivity index (χ0v) is 10.9. The van der Waals surface area contributed by atoms with Crippen molar-refractivity contribution in [1.29, 1.82) is 0 Å². The molecular formula is C12H13N5O3. The zero-order chi connectivity index (χ0) is 14.9. The monoisotopic (exact) mass is 275 g/mol. The number of carboxylic acids is 1. The Morgan fingerprint density at radius 3 is 2.60 bits per heavy atom. The minimum absolute atomic E-state index is 0.000881. The summed E-state index contributed by atoms with van der Waals surface area (Å²) in [5.41, 5.74) is 5.14. The van der Waals surface area contributed by atoms with Gasteiger partial charge in [-0.3, -0.25) is 4.79 Å². The van der Waals surface area contributed by atoms with Crippen LogP contribution in [0.5, 0.6) is 0 Å². The highest BCUT2D eigenvalue weighted by Gasteiger charge is 2.18. The lowest BCUT2D eigenvalue weighted by Crippen LogP contribution is -2.15. The lowest BCUT2D eigenvalue weighted by Gasteiger charge is -2.08. The summed E-state index contributed by atoms with van der Waals surface area (Å²) < 4.78 is 1.22. The van der Waals surface area contributed by atoms with E-state index in [0.717, 1.165) is 0 Å². The molecule has 0 radical (unpaired) electrons. The van der Waals surface area contributed by atoms with Crippen molar-refractivity contribution in [2.24, 2.45) is 5.73 Å². The summed E-state index contributed by atoms with van der Waals surface area (Å²) in [6.07, 6.45) is 2.80. The molecule has 0 aliphatic rings. The first kappa shape index (κ1) is 13.7. The lowest BCUT2D eigenvalue weighted by molar-refractivity contribution is 0.0689. The fraction of sp³-hybridized carbons (Fsp3) is 0.250. The van der Waals surface area contributed by atoms with Crippen molar-refractivity contribution in [1.82, 2.24) is 19.7 Å². The predicted octanol–water partition coefficient (Wildman–Crippen LogP) is 0.583. The van der Waals surface area contributed by atoms with Crippen LogP contribution >= 0.6 is 0 Å². The highest BCUT2D eigenvalue weighted by Crippen LogP contribution is 2.15. The highest BCUT2D eigenvalue weighted by atomic mass is 16.4. The number of aromatic carboxylic acids is 1. The molecule has 3 N–H and O–H groups in total. The fourth-order valence-electron chi connectivity index (χ4n) is 1.58. The number of carbonyl (C=O) groups is 2. The minimum atomic E-state index is -1.19. The Kier molecular flexibility index (Phi) is 3.47. The molecule has 0 fully saturated rings. The maximum atomic E-state index is 11.3. The van der Waals surface area contributed by atoms with Crippen molar-refractivity contribution >= 4 is 11.9 Å². The number of aromatic nitrogens is 4. The summed E-state index contributed by atoms with van der Waals surface area (Å²) in [5.74, 6) is -1.46. The average molecular weight is 275 g/mol. The number of hydrogen-bond acceptors (Lipinski definition) is 5. The molecule has 2 aromatic rings. The second-order valence-corrected chi connectivity index (χ2v) is 4.43. The number of rotatable bonds is 4. The molecule has 0 saturated carbocycles. The number of carbonyl (C=O) groups excluding carboxylic acids is 1. The Hall–Kier alpha value is -2.77. The van der Waals surface area contributed by atoms with E-state index in [0.29, 0.717) is 5.82 Å². The van der Waals surface area contributed by atoms with E-state index < -0.39 is 11.9 Å². The Morgan fingerprint density at radius 2 is 2.10 bits per heavy atom. The van der Waals surface area contributed by atoms with Crippen molar-refractivity contribution in [2.45, 2.75) is 19.8 Å². The maximum Gasteiger partial charge on any atom is 0.356 e. The molecule has 20 heavy (non-hydrogen) atoms. The summed E-state index contributed by atoms with van der Waals surface area (Å²) in [5, 5.41) is 13.1. The van der Waals surface area contributed by atoms with Crippen LogP contribution in [0.1, 0.15) is 46.6 Å². The number of nitrogens with zero attached hydrogens (tertiary/aromatic N) is 4. The molecule has 0 spiro atoms. The van der Waals surface area contributed by atoms with Gasteiger partial charge in [-0.2, -0.15) is 5.10 Å². The number of primary amides is 1. The molecule has 0 unspecified atom stereocenters. The molecule has 2 aromatic heterocycles. The van der Waals surface area contributed by atoms with Crippen molar-refractivity contribution in [2.75, 3.05) is 0 Å². The quantitative estimate of drug-likeness (QED) is 0.841. The van der Waals surface area contributed by atoms with Gasteiger partial charge in [-0.05, 0) is 6.07 Å². The van der Waals surface area contributed by atoms with Crippen LogP contribution in [0.3, 0.4) is 0 Å². The predicted molar refractivity (Wildman–Crippen MR) is 68.7 cm³/mol. The average Bonchev–Trinajstić information content (AvgIpc) is 2.87. The van der Waals surface area contributed by atoms with Crippen molar-refractivity contribution in [3.05, 3.63) is 35.7 Å². The van der Waals surface area contributed by atoms with Gasteiger partial charge in [0.15, 0.2) is 5.69 Å². The molecule has 0 atom stereocenters. The Balaban J connectivity index is 2.54. The summed E-state index contributed by atoms with van der Waals surface area (Å²) in [6, 6.07) is 1.39. The fourth-order valence-corrected chi connectivity index (χ4v) is 1.58. The molecule has 0 bridgehead atoms. The topological polar surface area (TPSA) is 124 Å². The Bertz CT molecular complexity index is 677. The van der Waals surface area contributed by atoms with Crippen molar-refractivity contribution in [3.63, 3.8) is 0 Å². The van der Waals surface area contributed by atoms with Crippen LogP contribution in [-0.2, 0) is 0 Å². The standard InChI is InChI=1S/C12H13N5O3/c1-6(2)11-14-5-8(9(15-11)12(19)20)17-4-3-7(16-17)10(13)18/h3-6H,1-2H3,(H2,13,18)(H,19,20). The minimum Gasteiger partial charge on any atom is -0.476 e. The van der Waals surface area contributed by atoms with Gasteiger partial charge in [0.2, 0.25) is 0 Å². The molecule has 0 aromatic carbocycles. The third-order valence-electron chi connectivity index (χ3n) is 2.60. The summed E-state index contributed by atoms with van der Waals surface area (Å²) in [7, 11) is 0. The molecule has 0 aliphatic heterocycles. The van der Waals surface area contributed by atoms with Gasteiger partial charge in [0.1, 0.15) is 17.2 Å². The molecule has 0 saturated heterocycles. The van der Waals surface area contributed by atoms with Gasteiger partial charge in [0, 0.05) is 12.1 Å². The maximum absolute atomic E-state index is 11.3. The van der Waals surface area contributed by atoms with E-state index in [9.17, 15) is 14.7 Å². The first-order valence-electron chi connectivity index (χ1n) is 5.86. The van der Waals surface area contributed by atoms with Gasteiger partial charge in [-0.25, -0.2) is 19.4 Å². The number of nitrogens with two attached hydrogens (primary N) is 1. The van der Waals surface area contributed by atoms with Crippen molar-refractivity contribution in [3.8, 4) is 5.69 Å². The largest absolute Gasteiger partial charge is 0.476 e. The van der Waals surface area contributed by atoms with Gasteiger partial charge < -0.3 is 10.8 Å². The van der Waals surface area contributed by atoms with Crippen LogP contribution in [0.4, 0.5) is 0 Å². The highest BCUT2D eigenvalue weighted by molar-refractivity contribution is 5.91. The summed E-state index contributed by atoms with van der Waals surface area (Å²) >= 11 is 0. The SMILES string of the molecule is CC(C)c1ncc(-n2ccc(C(N)=O)n2)c(C(=O)O)n1. The molecule has 2 heterocycles. The Labute approximate surface area is 114 Å². The van der Waals surface area contributed by atoms with Gasteiger partial charge in [-0.1, -0.05) is 13.8 Å². The van der Waals surface area contributed by atoms with Crippen LogP contribution in [0.25, 0.3) is 5.69 Å². The number of amides is 1. The molecular weight excluding hydrogens is 262 g/mol. The van der Waals surface area contributed by atoms with E-state index in [1.54, 1.807) is 0 Å². The first-order chi connectivity index (χ1) is 9.40. The van der Waals surface area contributed by atoms with Gasteiger partial charge >= 0.3 is 5.97 Å². The van der Waals surface area contributed by atoms with Crippen molar-refractivity contribution < 1.29 is 14.7 Å². The number of hydrogen-bond donors (Lipinski definition) is 2. The third-order valence-corrected chi connectivity index (χ3v) is 2.60. The third kappa shape index (κ3) is 2.48. The molecule has 2 rings (SSSR count). The Morgan fingerprint density at radius 1 is 1.40 bits per heavy atom. The van der Waals surface area contributed by atoms with Crippen LogP contribution in [0, 0.1) is 0 Å². The van der Waals surface area contributed by atoms with E-state index in [2.05, 4.69) is 15.1 Å². The smallest absolute Gasteiger partial charge is 0.356 e. The molecule has 8 nitrogen and oxygen atoms in total. The number of carboxylic acid groups (broad SMARTS) is 1. The molecule has 0 aliphatic carbocycles. The van der Waals surface area contributed by atoms with Crippen LogP contribution in [0.15, 0.2) is 18.5 Å². The van der Waals surface area contributed by atoms with Gasteiger partial charge in [0.05, 0.1) is 6.20 Å². The zero-order valence-electron chi connectivity index (χ0n) is 10.9. The molecule has 104 valence electrons. The normalized spacial score (nSPS) is 10.8. The second kappa shape index (κ2) is 5.08. The van der Waals surface area contributed by atoms with E-state index >= 15 is 0 Å². The molecule has 1 amide bonds. The van der Waals surface area contributed by atoms with E-state index in [-0.39, 0.29) is 23.0 Å². The lowest BCUT2D eigenvalue weighted by atomic mass is 10.2. The van der Waals surface area contributed by atoms with Crippen LogP contribution < -0.4 is 5.73 Å². The first-order valence-corrected chi connectivity index (χ1v) is 5.86. The van der Waals surface area contributed by atoms with Gasteiger partial charge in [0.25, 0.3) is 5.91 Å². The van der Waals surface area contributed by atoms with E-state index in [4.69, 9.17) is 5.73 Å². The molecule has 8 heteroatoms. The second-order valence-electron chi connectivity index (χ2n) is 4.43. The van der Waals surface area contributed by atoms with E-state index in [1.165, 1.54) is 23.1 Å². The summed E-state index contributed by atoms with van der Waals surface area (Å²) in [6.45, 7) is 3.72.